The Balaban J connectivity index is 5.24. The van der Waals surface area contributed by atoms with E-state index in [2.05, 4.69) is 55.4 Å². The minimum atomic E-state index is 0.493. The molecule has 0 fully saturated rings. The summed E-state index contributed by atoms with van der Waals surface area (Å²) < 4.78 is 0. The highest BCUT2D eigenvalue weighted by Crippen LogP contribution is 2.35. The molecule has 164 valence electrons. The molecule has 2 heteroatoms. The minimum absolute atomic E-state index is 0.493. The Morgan fingerprint density at radius 2 is 0.593 bits per heavy atom. The van der Waals surface area contributed by atoms with E-state index in [1.54, 1.807) is 0 Å². The van der Waals surface area contributed by atoms with Crippen molar-refractivity contribution in [2.75, 3.05) is 13.1 Å². The molecule has 0 aromatic heterocycles. The molecule has 0 aromatic carbocycles. The van der Waals surface area contributed by atoms with E-state index in [1.807, 2.05) is 0 Å². The van der Waals surface area contributed by atoms with Gasteiger partial charge in [-0.15, -0.1) is 0 Å². The Bertz CT molecular complexity index is 285. The zero-order valence-electron chi connectivity index (χ0n) is 20.1. The molecule has 0 amide bonds. The first-order chi connectivity index (χ1) is 12.6. The van der Waals surface area contributed by atoms with Gasteiger partial charge in [-0.05, 0) is 105 Å². The second-order valence-corrected chi connectivity index (χ2v) is 11.2. The third-order valence-corrected chi connectivity index (χ3v) is 5.89. The van der Waals surface area contributed by atoms with Crippen LogP contribution in [-0.2, 0) is 0 Å². The highest BCUT2D eigenvalue weighted by atomic mass is 14.6. The molecule has 0 heterocycles. The predicted octanol–water partition coefficient (Wildman–Crippen LogP) is 6.72. The molecule has 0 unspecified atom stereocenters. The third-order valence-electron chi connectivity index (χ3n) is 5.89. The number of hydrogen-bond donors (Lipinski definition) is 2. The van der Waals surface area contributed by atoms with E-state index in [4.69, 9.17) is 11.5 Å². The van der Waals surface area contributed by atoms with E-state index in [9.17, 15) is 0 Å². The van der Waals surface area contributed by atoms with Crippen molar-refractivity contribution in [1.29, 1.82) is 0 Å². The van der Waals surface area contributed by atoms with Crippen LogP contribution in [0.1, 0.15) is 100 Å². The van der Waals surface area contributed by atoms with Gasteiger partial charge < -0.3 is 11.5 Å². The van der Waals surface area contributed by atoms with Gasteiger partial charge in [0.1, 0.15) is 0 Å². The van der Waals surface area contributed by atoms with Crippen LogP contribution < -0.4 is 11.5 Å². The number of nitrogens with two attached hydrogens (primary N) is 2. The molecule has 0 aromatic rings. The van der Waals surface area contributed by atoms with Gasteiger partial charge in [0.05, 0.1) is 0 Å². The van der Waals surface area contributed by atoms with Crippen LogP contribution in [0.4, 0.5) is 0 Å². The van der Waals surface area contributed by atoms with Crippen molar-refractivity contribution in [1.82, 2.24) is 0 Å². The molecular formula is C25H54N2. The van der Waals surface area contributed by atoms with Crippen LogP contribution >= 0.6 is 0 Å². The summed E-state index contributed by atoms with van der Waals surface area (Å²) in [6, 6.07) is 0. The highest BCUT2D eigenvalue weighted by molar-refractivity contribution is 4.77. The molecule has 0 saturated heterocycles. The van der Waals surface area contributed by atoms with Crippen molar-refractivity contribution in [3.63, 3.8) is 0 Å². The van der Waals surface area contributed by atoms with Gasteiger partial charge in [-0.25, -0.2) is 0 Å². The summed E-state index contributed by atoms with van der Waals surface area (Å²) in [5, 5.41) is 0. The quantitative estimate of drug-likeness (QED) is 0.311. The molecule has 0 bridgehead atoms. The Kier molecular flexibility index (Phi) is 14.8. The molecule has 0 saturated carbocycles. The maximum atomic E-state index is 6.04. The molecule has 0 aliphatic heterocycles. The Morgan fingerprint density at radius 1 is 0.370 bits per heavy atom. The fourth-order valence-corrected chi connectivity index (χ4v) is 5.24. The summed E-state index contributed by atoms with van der Waals surface area (Å²) in [5.74, 6) is 6.13. The Morgan fingerprint density at radius 3 is 0.815 bits per heavy atom. The molecule has 0 spiro atoms. The van der Waals surface area contributed by atoms with Crippen molar-refractivity contribution in [3.05, 3.63) is 0 Å². The summed E-state index contributed by atoms with van der Waals surface area (Å²) >= 11 is 0. The van der Waals surface area contributed by atoms with Crippen LogP contribution in [0.2, 0.25) is 0 Å². The Labute approximate surface area is 172 Å². The molecule has 2 nitrogen and oxygen atoms in total. The first kappa shape index (κ1) is 26.9. The van der Waals surface area contributed by atoms with E-state index >= 15 is 0 Å². The SMILES string of the molecule is CC(C)CC(CC(C)C)CC(CC(CN)CN)CC(CC(C)C)CC(C)C. The van der Waals surface area contributed by atoms with Gasteiger partial charge in [0, 0.05) is 0 Å². The number of rotatable bonds is 16. The summed E-state index contributed by atoms with van der Waals surface area (Å²) in [5.41, 5.74) is 12.1. The molecule has 4 N–H and O–H groups in total. The zero-order chi connectivity index (χ0) is 21.0. The van der Waals surface area contributed by atoms with Gasteiger partial charge >= 0.3 is 0 Å². The summed E-state index contributed by atoms with van der Waals surface area (Å²) in [6.07, 6.45) is 9.44. The lowest BCUT2D eigenvalue weighted by atomic mass is 9.74. The Hall–Kier alpha value is -0.0800. The maximum absolute atomic E-state index is 6.04. The lowest BCUT2D eigenvalue weighted by Gasteiger charge is -2.32. The van der Waals surface area contributed by atoms with E-state index in [-0.39, 0.29) is 0 Å². The average molecular weight is 383 g/mol. The van der Waals surface area contributed by atoms with Crippen LogP contribution in [0.25, 0.3) is 0 Å². The highest BCUT2D eigenvalue weighted by Gasteiger charge is 2.25. The molecule has 0 rings (SSSR count). The van der Waals surface area contributed by atoms with E-state index in [0.29, 0.717) is 5.92 Å². The third kappa shape index (κ3) is 14.6. The van der Waals surface area contributed by atoms with E-state index in [0.717, 1.165) is 54.5 Å². The van der Waals surface area contributed by atoms with Crippen molar-refractivity contribution in [3.8, 4) is 0 Å². The fraction of sp³-hybridized carbons (Fsp3) is 1.00. The zero-order valence-corrected chi connectivity index (χ0v) is 20.1. The molecular weight excluding hydrogens is 328 g/mol. The lowest BCUT2D eigenvalue weighted by Crippen LogP contribution is -2.28. The summed E-state index contributed by atoms with van der Waals surface area (Å²) in [7, 11) is 0. The largest absolute Gasteiger partial charge is 0.330 e. The summed E-state index contributed by atoms with van der Waals surface area (Å²) in [4.78, 5) is 0. The number of hydrogen-bond acceptors (Lipinski definition) is 2. The van der Waals surface area contributed by atoms with Gasteiger partial charge in [-0.1, -0.05) is 55.4 Å². The monoisotopic (exact) mass is 382 g/mol. The fourth-order valence-electron chi connectivity index (χ4n) is 5.24. The molecule has 0 atom stereocenters. The molecule has 0 radical (unpaired) electrons. The first-order valence-electron chi connectivity index (χ1n) is 12.0. The van der Waals surface area contributed by atoms with Crippen LogP contribution in [0.5, 0.6) is 0 Å². The maximum Gasteiger partial charge on any atom is -0.00367 e. The van der Waals surface area contributed by atoms with Crippen molar-refractivity contribution in [2.45, 2.75) is 100 Å². The van der Waals surface area contributed by atoms with Crippen LogP contribution in [0, 0.1) is 47.3 Å². The van der Waals surface area contributed by atoms with E-state index < -0.39 is 0 Å². The topological polar surface area (TPSA) is 52.0 Å². The normalized spacial score (nSPS) is 13.1. The predicted molar refractivity (Wildman–Crippen MR) is 124 cm³/mol. The van der Waals surface area contributed by atoms with Crippen molar-refractivity contribution < 1.29 is 0 Å². The lowest BCUT2D eigenvalue weighted by molar-refractivity contribution is 0.199. The second kappa shape index (κ2) is 14.9. The van der Waals surface area contributed by atoms with Crippen molar-refractivity contribution >= 4 is 0 Å². The van der Waals surface area contributed by atoms with Crippen LogP contribution in [0.3, 0.4) is 0 Å². The first-order valence-corrected chi connectivity index (χ1v) is 12.0. The molecule has 0 aliphatic rings. The molecule has 27 heavy (non-hydrogen) atoms. The van der Waals surface area contributed by atoms with Gasteiger partial charge in [0.15, 0.2) is 0 Å². The molecule has 0 aliphatic carbocycles. The van der Waals surface area contributed by atoms with Gasteiger partial charge in [0.2, 0.25) is 0 Å². The van der Waals surface area contributed by atoms with Gasteiger partial charge in [0.25, 0.3) is 0 Å². The van der Waals surface area contributed by atoms with Crippen LogP contribution in [-0.4, -0.2) is 13.1 Å². The standard InChI is InChI=1S/C25H54N2/c1-18(2)9-22(10-19(3)4)13-24(15-25(16-26)17-27)14-23(11-20(5)6)12-21(7)8/h18-25H,9-17,26-27H2,1-8H3. The van der Waals surface area contributed by atoms with Crippen LogP contribution in [0.15, 0.2) is 0 Å². The smallest absolute Gasteiger partial charge is 0.00367 e. The van der Waals surface area contributed by atoms with Crippen molar-refractivity contribution in [2.24, 2.45) is 58.8 Å². The second-order valence-electron chi connectivity index (χ2n) is 11.2. The summed E-state index contributed by atoms with van der Waals surface area (Å²) in [6.45, 7) is 20.5. The average Bonchev–Trinajstić information content (AvgIpc) is 2.49. The minimum Gasteiger partial charge on any atom is -0.330 e. The van der Waals surface area contributed by atoms with Gasteiger partial charge in [-0.3, -0.25) is 0 Å². The van der Waals surface area contributed by atoms with Gasteiger partial charge in [-0.2, -0.15) is 0 Å². The van der Waals surface area contributed by atoms with E-state index in [1.165, 1.54) is 44.9 Å².